The molecule has 0 bridgehead atoms. The molecule has 6 nitrogen and oxygen atoms in total. The van der Waals surface area contributed by atoms with Gasteiger partial charge in [-0.25, -0.2) is 9.78 Å². The summed E-state index contributed by atoms with van der Waals surface area (Å²) in [5.74, 6) is -1.09. The molecule has 1 aromatic carbocycles. The summed E-state index contributed by atoms with van der Waals surface area (Å²) in [6.45, 7) is 0.437. The molecule has 0 aliphatic carbocycles. The second kappa shape index (κ2) is 5.53. The van der Waals surface area contributed by atoms with Crippen LogP contribution in [0.3, 0.4) is 0 Å². The second-order valence-corrected chi connectivity index (χ2v) is 4.20. The van der Waals surface area contributed by atoms with Crippen LogP contribution in [0.2, 0.25) is 5.02 Å². The minimum Gasteiger partial charge on any atom is -0.477 e. The number of anilines is 1. The van der Waals surface area contributed by atoms with E-state index in [0.29, 0.717) is 11.6 Å². The topological polar surface area (TPSA) is 95.1 Å². The van der Waals surface area contributed by atoms with Gasteiger partial charge in [-0.15, -0.1) is 0 Å². The number of aromatic carboxylic acids is 1. The molecule has 3 N–H and O–H groups in total. The summed E-state index contributed by atoms with van der Waals surface area (Å²) in [4.78, 5) is 28.2. The minimum atomic E-state index is -1.31. The first-order valence-corrected chi connectivity index (χ1v) is 5.75. The van der Waals surface area contributed by atoms with Gasteiger partial charge in [0.25, 0.3) is 5.56 Å². The van der Waals surface area contributed by atoms with E-state index in [1.807, 2.05) is 12.1 Å². The van der Waals surface area contributed by atoms with Crippen LogP contribution in [0.1, 0.15) is 15.9 Å². The lowest BCUT2D eigenvalue weighted by Gasteiger charge is -2.05. The molecule has 1 aromatic heterocycles. The Bertz CT molecular complexity index is 652. The molecule has 0 fully saturated rings. The molecule has 0 saturated carbocycles. The van der Waals surface area contributed by atoms with E-state index in [0.717, 1.165) is 11.8 Å². The molecule has 2 aromatic rings. The number of nitrogens with one attached hydrogen (secondary N) is 2. The number of rotatable bonds is 4. The van der Waals surface area contributed by atoms with Gasteiger partial charge in [0.15, 0.2) is 0 Å². The zero-order valence-electron chi connectivity index (χ0n) is 9.68. The number of benzene rings is 1. The molecule has 2 rings (SSSR count). The summed E-state index contributed by atoms with van der Waals surface area (Å²) in [5, 5.41) is 12.2. The van der Waals surface area contributed by atoms with Gasteiger partial charge >= 0.3 is 5.97 Å². The van der Waals surface area contributed by atoms with Crippen molar-refractivity contribution in [1.82, 2.24) is 9.97 Å². The molecule has 0 amide bonds. The largest absolute Gasteiger partial charge is 0.477 e. The minimum absolute atomic E-state index is 0.213. The van der Waals surface area contributed by atoms with Crippen LogP contribution in [0, 0.1) is 0 Å². The number of carboxylic acids is 1. The van der Waals surface area contributed by atoms with Gasteiger partial charge < -0.3 is 10.4 Å². The average Bonchev–Trinajstić information content (AvgIpc) is 2.37. The van der Waals surface area contributed by atoms with Gasteiger partial charge in [0.2, 0.25) is 5.95 Å². The number of aromatic nitrogens is 2. The monoisotopic (exact) mass is 279 g/mol. The normalized spacial score (nSPS) is 10.2. The molecule has 19 heavy (non-hydrogen) atoms. The maximum atomic E-state index is 11.4. The maximum Gasteiger partial charge on any atom is 0.342 e. The molecule has 0 aliphatic rings. The van der Waals surface area contributed by atoms with Crippen molar-refractivity contribution < 1.29 is 9.90 Å². The lowest BCUT2D eigenvalue weighted by atomic mass is 10.2. The maximum absolute atomic E-state index is 11.4. The fourth-order valence-electron chi connectivity index (χ4n) is 1.43. The van der Waals surface area contributed by atoms with E-state index in [9.17, 15) is 9.59 Å². The molecule has 0 unspecified atom stereocenters. The van der Waals surface area contributed by atoms with Gasteiger partial charge in [-0.1, -0.05) is 23.7 Å². The van der Waals surface area contributed by atoms with Crippen LogP contribution >= 0.6 is 11.6 Å². The Labute approximate surface area is 113 Å². The number of halogens is 1. The van der Waals surface area contributed by atoms with E-state index in [1.165, 1.54) is 0 Å². The van der Waals surface area contributed by atoms with Crippen molar-refractivity contribution in [3.8, 4) is 0 Å². The standard InChI is InChI=1S/C12H10ClN3O3/c13-8-3-1-7(2-4-8)5-14-12-15-6-9(11(18)19)10(17)16-12/h1-4,6H,5H2,(H,18,19)(H2,14,15,16,17). The number of carbonyl (C=O) groups is 1. The first-order valence-electron chi connectivity index (χ1n) is 5.37. The Balaban J connectivity index is 2.08. The zero-order valence-corrected chi connectivity index (χ0v) is 10.4. The Hall–Kier alpha value is -2.34. The Kier molecular flexibility index (Phi) is 3.82. The van der Waals surface area contributed by atoms with Crippen molar-refractivity contribution in [1.29, 1.82) is 0 Å². The third kappa shape index (κ3) is 3.32. The smallest absolute Gasteiger partial charge is 0.342 e. The number of aromatic amines is 1. The summed E-state index contributed by atoms with van der Waals surface area (Å²) in [7, 11) is 0. The van der Waals surface area contributed by atoms with Crippen LogP contribution in [-0.4, -0.2) is 21.0 Å². The van der Waals surface area contributed by atoms with E-state index in [-0.39, 0.29) is 5.95 Å². The Morgan fingerprint density at radius 3 is 2.63 bits per heavy atom. The van der Waals surface area contributed by atoms with Crippen molar-refractivity contribution in [3.63, 3.8) is 0 Å². The number of H-pyrrole nitrogens is 1. The molecule has 7 heteroatoms. The lowest BCUT2D eigenvalue weighted by molar-refractivity contribution is 0.0694. The summed E-state index contributed by atoms with van der Waals surface area (Å²) >= 11 is 5.76. The van der Waals surface area contributed by atoms with Crippen LogP contribution in [0.4, 0.5) is 5.95 Å². The van der Waals surface area contributed by atoms with Crippen LogP contribution in [0.5, 0.6) is 0 Å². The highest BCUT2D eigenvalue weighted by atomic mass is 35.5. The molecular formula is C12H10ClN3O3. The van der Waals surface area contributed by atoms with Gasteiger partial charge in [-0.05, 0) is 17.7 Å². The van der Waals surface area contributed by atoms with Gasteiger partial charge in [-0.3, -0.25) is 9.78 Å². The highest BCUT2D eigenvalue weighted by Gasteiger charge is 2.09. The summed E-state index contributed by atoms with van der Waals surface area (Å²) in [6, 6.07) is 7.17. The number of carboxylic acid groups (broad SMARTS) is 1. The Morgan fingerprint density at radius 2 is 2.05 bits per heavy atom. The van der Waals surface area contributed by atoms with E-state index >= 15 is 0 Å². The predicted molar refractivity (Wildman–Crippen MR) is 70.6 cm³/mol. The van der Waals surface area contributed by atoms with Crippen molar-refractivity contribution in [2.24, 2.45) is 0 Å². The van der Waals surface area contributed by atoms with Gasteiger partial charge in [0.05, 0.1) is 6.20 Å². The fraction of sp³-hybridized carbons (Fsp3) is 0.0833. The molecule has 0 aliphatic heterocycles. The highest BCUT2D eigenvalue weighted by Crippen LogP contribution is 2.10. The molecule has 0 radical (unpaired) electrons. The lowest BCUT2D eigenvalue weighted by Crippen LogP contribution is -2.20. The average molecular weight is 280 g/mol. The van der Waals surface area contributed by atoms with Crippen molar-refractivity contribution in [2.45, 2.75) is 6.54 Å². The number of hydrogen-bond acceptors (Lipinski definition) is 4. The van der Waals surface area contributed by atoms with Crippen LogP contribution in [0.25, 0.3) is 0 Å². The predicted octanol–water partition coefficient (Wildman–Crippen LogP) is 1.73. The molecular weight excluding hydrogens is 270 g/mol. The first kappa shape index (κ1) is 13.1. The third-order valence-corrected chi connectivity index (χ3v) is 2.65. The first-order chi connectivity index (χ1) is 9.06. The summed E-state index contributed by atoms with van der Waals surface area (Å²) in [5.41, 5.74) is -0.132. The summed E-state index contributed by atoms with van der Waals surface area (Å²) in [6.07, 6.45) is 1.02. The van der Waals surface area contributed by atoms with Crippen LogP contribution in [-0.2, 0) is 6.54 Å². The van der Waals surface area contributed by atoms with E-state index in [1.54, 1.807) is 12.1 Å². The highest BCUT2D eigenvalue weighted by molar-refractivity contribution is 6.30. The summed E-state index contributed by atoms with van der Waals surface area (Å²) < 4.78 is 0. The number of hydrogen-bond donors (Lipinski definition) is 3. The van der Waals surface area contributed by atoms with E-state index in [4.69, 9.17) is 16.7 Å². The Morgan fingerprint density at radius 1 is 1.37 bits per heavy atom. The number of nitrogens with zero attached hydrogens (tertiary/aromatic N) is 1. The molecule has 0 atom stereocenters. The molecule has 0 spiro atoms. The van der Waals surface area contributed by atoms with Crippen molar-refractivity contribution in [3.05, 3.63) is 57.0 Å². The van der Waals surface area contributed by atoms with Crippen LogP contribution < -0.4 is 10.9 Å². The van der Waals surface area contributed by atoms with Gasteiger partial charge in [0.1, 0.15) is 5.56 Å². The fourth-order valence-corrected chi connectivity index (χ4v) is 1.55. The molecule has 98 valence electrons. The van der Waals surface area contributed by atoms with Crippen molar-refractivity contribution >= 4 is 23.5 Å². The van der Waals surface area contributed by atoms with Gasteiger partial charge in [0, 0.05) is 11.6 Å². The van der Waals surface area contributed by atoms with Gasteiger partial charge in [-0.2, -0.15) is 0 Å². The van der Waals surface area contributed by atoms with E-state index in [2.05, 4.69) is 15.3 Å². The quantitative estimate of drug-likeness (QED) is 0.792. The SMILES string of the molecule is O=C(O)c1cnc(NCc2ccc(Cl)cc2)[nH]c1=O. The van der Waals surface area contributed by atoms with Crippen molar-refractivity contribution in [2.75, 3.05) is 5.32 Å². The second-order valence-electron chi connectivity index (χ2n) is 3.76. The molecule has 1 heterocycles. The van der Waals surface area contributed by atoms with Crippen LogP contribution in [0.15, 0.2) is 35.3 Å². The third-order valence-electron chi connectivity index (χ3n) is 2.40. The zero-order chi connectivity index (χ0) is 13.8. The molecule has 0 saturated heterocycles. The van der Waals surface area contributed by atoms with E-state index < -0.39 is 17.1 Å².